The summed E-state index contributed by atoms with van der Waals surface area (Å²) >= 11 is 1.51. The summed E-state index contributed by atoms with van der Waals surface area (Å²) in [4.78, 5) is 26.9. The number of hydrogen-bond donors (Lipinski definition) is 1. The fraction of sp³-hybridized carbons (Fsp3) is 0. The average molecular weight is 418 g/mol. The fourth-order valence-electron chi connectivity index (χ4n) is 2.62. The number of rotatable bonds is 6. The van der Waals surface area contributed by atoms with E-state index in [0.717, 1.165) is 15.8 Å². The fourth-order valence-corrected chi connectivity index (χ4v) is 3.43. The maximum Gasteiger partial charge on any atom is 0.343 e. The van der Waals surface area contributed by atoms with Crippen LogP contribution in [-0.4, -0.2) is 22.1 Å². The molecule has 4 rings (SSSR count). The van der Waals surface area contributed by atoms with E-state index < -0.39 is 10.9 Å². The van der Waals surface area contributed by atoms with E-state index in [-0.39, 0.29) is 11.3 Å². The monoisotopic (exact) mass is 418 g/mol. The van der Waals surface area contributed by atoms with Gasteiger partial charge < -0.3 is 4.74 Å². The van der Waals surface area contributed by atoms with Gasteiger partial charge >= 0.3 is 5.97 Å². The summed E-state index contributed by atoms with van der Waals surface area (Å²) in [6, 6.07) is 19.9. The Morgan fingerprint density at radius 1 is 1.10 bits per heavy atom. The van der Waals surface area contributed by atoms with Crippen molar-refractivity contribution < 1.29 is 14.5 Å². The Bertz CT molecular complexity index is 1220. The van der Waals surface area contributed by atoms with Gasteiger partial charge in [0.25, 0.3) is 5.69 Å². The molecule has 0 saturated heterocycles. The van der Waals surface area contributed by atoms with E-state index in [2.05, 4.69) is 15.5 Å². The van der Waals surface area contributed by atoms with Crippen molar-refractivity contribution in [1.82, 2.24) is 4.98 Å². The number of aromatic nitrogens is 1. The van der Waals surface area contributed by atoms with E-state index in [9.17, 15) is 14.9 Å². The first-order valence-electron chi connectivity index (χ1n) is 8.80. The maximum absolute atomic E-state index is 12.2. The van der Waals surface area contributed by atoms with Crippen LogP contribution in [0.2, 0.25) is 0 Å². The Hall–Kier alpha value is -4.11. The van der Waals surface area contributed by atoms with Crippen LogP contribution >= 0.6 is 11.3 Å². The van der Waals surface area contributed by atoms with Crippen LogP contribution in [0, 0.1) is 10.1 Å². The van der Waals surface area contributed by atoms with Crippen molar-refractivity contribution in [3.63, 3.8) is 0 Å². The third-order valence-corrected chi connectivity index (χ3v) is 4.99. The molecule has 8 nitrogen and oxygen atoms in total. The third-order valence-electron chi connectivity index (χ3n) is 4.05. The van der Waals surface area contributed by atoms with Crippen molar-refractivity contribution in [3.05, 3.63) is 94.0 Å². The molecule has 148 valence electrons. The lowest BCUT2D eigenvalue weighted by Crippen LogP contribution is -2.08. The lowest BCUT2D eigenvalue weighted by Gasteiger charge is -2.04. The van der Waals surface area contributed by atoms with Crippen molar-refractivity contribution in [1.29, 1.82) is 0 Å². The lowest BCUT2D eigenvalue weighted by atomic mass is 10.2. The molecule has 30 heavy (non-hydrogen) atoms. The lowest BCUT2D eigenvalue weighted by molar-refractivity contribution is -0.384. The molecule has 3 aromatic carbocycles. The largest absolute Gasteiger partial charge is 0.423 e. The Labute approximate surface area is 174 Å². The predicted octanol–water partition coefficient (Wildman–Crippen LogP) is 4.87. The number of non-ortho nitro benzene ring substituents is 1. The first-order chi connectivity index (χ1) is 14.6. The van der Waals surface area contributed by atoms with Gasteiger partial charge in [-0.15, -0.1) is 0 Å². The zero-order valence-corrected chi connectivity index (χ0v) is 16.2. The summed E-state index contributed by atoms with van der Waals surface area (Å²) in [5, 5.41) is 15.7. The molecule has 1 aromatic heterocycles. The summed E-state index contributed by atoms with van der Waals surface area (Å²) < 4.78 is 6.34. The van der Waals surface area contributed by atoms with Crippen LogP contribution < -0.4 is 10.2 Å². The van der Waals surface area contributed by atoms with Crippen LogP contribution in [0.1, 0.15) is 15.9 Å². The second kappa shape index (κ2) is 8.50. The second-order valence-corrected chi connectivity index (χ2v) is 7.15. The number of hydrogen-bond acceptors (Lipinski definition) is 8. The van der Waals surface area contributed by atoms with Crippen LogP contribution in [0.4, 0.5) is 10.8 Å². The molecule has 0 radical (unpaired) electrons. The van der Waals surface area contributed by atoms with Crippen LogP contribution in [-0.2, 0) is 0 Å². The number of ether oxygens (including phenoxy) is 1. The molecule has 9 heteroatoms. The molecular weight excluding hydrogens is 404 g/mol. The van der Waals surface area contributed by atoms with E-state index in [0.29, 0.717) is 10.9 Å². The standard InChI is InChI=1S/C21H14N4O4S/c26-20(15-4-3-5-16(12-15)25(27)28)29-17-10-8-14(9-11-17)13-22-24-21-23-18-6-1-2-7-19(18)30-21/h1-13H,(H,23,24)/b22-13+. The van der Waals surface area contributed by atoms with Gasteiger partial charge in [-0.25, -0.2) is 9.78 Å². The first kappa shape index (κ1) is 19.2. The van der Waals surface area contributed by atoms with Crippen molar-refractivity contribution in [2.24, 2.45) is 5.10 Å². The van der Waals surface area contributed by atoms with Crippen molar-refractivity contribution in [3.8, 4) is 5.75 Å². The number of anilines is 1. The molecule has 1 heterocycles. The van der Waals surface area contributed by atoms with Crippen molar-refractivity contribution >= 4 is 44.6 Å². The topological polar surface area (TPSA) is 107 Å². The molecule has 4 aromatic rings. The molecule has 0 bridgehead atoms. The highest BCUT2D eigenvalue weighted by molar-refractivity contribution is 7.22. The average Bonchev–Trinajstić information content (AvgIpc) is 3.18. The summed E-state index contributed by atoms with van der Waals surface area (Å²) in [6.07, 6.45) is 1.62. The number of nitro benzene ring substituents is 1. The zero-order chi connectivity index (χ0) is 20.9. The Balaban J connectivity index is 1.37. The van der Waals surface area contributed by atoms with Gasteiger partial charge in [0.1, 0.15) is 5.75 Å². The number of nitrogens with zero attached hydrogens (tertiary/aromatic N) is 3. The molecule has 0 aliphatic heterocycles. The van der Waals surface area contributed by atoms with E-state index >= 15 is 0 Å². The molecule has 1 N–H and O–H groups in total. The van der Waals surface area contributed by atoms with Crippen molar-refractivity contribution in [2.75, 3.05) is 5.43 Å². The highest BCUT2D eigenvalue weighted by Gasteiger charge is 2.13. The summed E-state index contributed by atoms with van der Waals surface area (Å²) in [7, 11) is 0. The number of fused-ring (bicyclic) bond motifs is 1. The number of hydrazone groups is 1. The molecular formula is C21H14N4O4S. The smallest absolute Gasteiger partial charge is 0.343 e. The molecule has 0 unspecified atom stereocenters. The van der Waals surface area contributed by atoms with Crippen LogP contribution in [0.15, 0.2) is 77.9 Å². The maximum atomic E-state index is 12.2. The van der Waals surface area contributed by atoms with E-state index in [1.54, 1.807) is 30.5 Å². The third kappa shape index (κ3) is 4.47. The highest BCUT2D eigenvalue weighted by Crippen LogP contribution is 2.25. The number of para-hydroxylation sites is 1. The van der Waals surface area contributed by atoms with Gasteiger partial charge in [0.15, 0.2) is 0 Å². The first-order valence-corrected chi connectivity index (χ1v) is 9.61. The Morgan fingerprint density at radius 2 is 1.90 bits per heavy atom. The van der Waals surface area contributed by atoms with Crippen LogP contribution in [0.5, 0.6) is 5.75 Å². The van der Waals surface area contributed by atoms with Gasteiger partial charge in [-0.3, -0.25) is 15.5 Å². The van der Waals surface area contributed by atoms with E-state index in [1.807, 2.05) is 24.3 Å². The minimum atomic E-state index is -0.669. The van der Waals surface area contributed by atoms with Gasteiger partial charge in [-0.05, 0) is 48.0 Å². The SMILES string of the molecule is O=C(Oc1ccc(/C=N/Nc2nc3ccccc3s2)cc1)c1cccc([N+](=O)[O-])c1. The minimum absolute atomic E-state index is 0.106. The Kier molecular flexibility index (Phi) is 5.44. The Morgan fingerprint density at radius 3 is 2.67 bits per heavy atom. The number of nitrogens with one attached hydrogen (secondary N) is 1. The number of carbonyl (C=O) groups is 1. The summed E-state index contributed by atoms with van der Waals surface area (Å²) in [6.45, 7) is 0. The van der Waals surface area contributed by atoms with Gasteiger partial charge in [0, 0.05) is 12.1 Å². The molecule has 0 aliphatic rings. The van der Waals surface area contributed by atoms with Crippen LogP contribution in [0.25, 0.3) is 10.2 Å². The zero-order valence-electron chi connectivity index (χ0n) is 15.4. The van der Waals surface area contributed by atoms with E-state index in [4.69, 9.17) is 4.74 Å². The number of nitro groups is 1. The molecule has 0 amide bonds. The van der Waals surface area contributed by atoms with Gasteiger partial charge in [-0.2, -0.15) is 5.10 Å². The summed E-state index contributed by atoms with van der Waals surface area (Å²) in [5.41, 5.74) is 4.54. The van der Waals surface area contributed by atoms with Gasteiger partial charge in [0.05, 0.1) is 26.9 Å². The van der Waals surface area contributed by atoms with Crippen LogP contribution in [0.3, 0.4) is 0 Å². The van der Waals surface area contributed by atoms with Gasteiger partial charge in [0.2, 0.25) is 5.13 Å². The number of carbonyl (C=O) groups excluding carboxylic acids is 1. The molecule has 0 saturated carbocycles. The molecule has 0 spiro atoms. The second-order valence-electron chi connectivity index (χ2n) is 6.12. The quantitative estimate of drug-likeness (QED) is 0.157. The number of esters is 1. The molecule has 0 aliphatic carbocycles. The highest BCUT2D eigenvalue weighted by atomic mass is 32.1. The van der Waals surface area contributed by atoms with Gasteiger partial charge in [-0.1, -0.05) is 29.5 Å². The number of benzene rings is 3. The minimum Gasteiger partial charge on any atom is -0.423 e. The molecule has 0 fully saturated rings. The van der Waals surface area contributed by atoms with E-state index in [1.165, 1.54) is 35.6 Å². The summed E-state index contributed by atoms with van der Waals surface area (Å²) in [5.74, 6) is -0.347. The molecule has 0 atom stereocenters. The predicted molar refractivity (Wildman–Crippen MR) is 115 cm³/mol. The number of thiazole rings is 1. The normalized spacial score (nSPS) is 10.9. The van der Waals surface area contributed by atoms with Crippen molar-refractivity contribution in [2.45, 2.75) is 0 Å².